The molecule has 3 heteroatoms. The molecule has 0 radical (unpaired) electrons. The Hall–Kier alpha value is -2.16. The van der Waals surface area contributed by atoms with E-state index in [0.29, 0.717) is 5.75 Å². The summed E-state index contributed by atoms with van der Waals surface area (Å²) < 4.78 is 17.9. The lowest BCUT2D eigenvalue weighted by molar-refractivity contribution is -0.133. The molecule has 18 heavy (non-hydrogen) atoms. The zero-order chi connectivity index (χ0) is 13.0. The Morgan fingerprint density at radius 3 is 2.28 bits per heavy atom. The third-order valence-corrected chi connectivity index (χ3v) is 2.51. The third-order valence-electron chi connectivity index (χ3n) is 2.51. The van der Waals surface area contributed by atoms with E-state index in [4.69, 9.17) is 4.74 Å². The number of halogens is 1. The van der Waals surface area contributed by atoms with E-state index in [-0.39, 0.29) is 18.2 Å². The van der Waals surface area contributed by atoms with Crippen LogP contribution in [0.5, 0.6) is 5.75 Å². The topological polar surface area (TPSA) is 26.3 Å². The third kappa shape index (κ3) is 3.42. The Bertz CT molecular complexity index is 480. The van der Waals surface area contributed by atoms with Crippen LogP contribution >= 0.6 is 0 Å². The van der Waals surface area contributed by atoms with Crippen LogP contribution in [-0.4, -0.2) is 5.97 Å². The normalized spacial score (nSPS) is 10.1. The second-order valence-electron chi connectivity index (χ2n) is 4.09. The smallest absolute Gasteiger partial charge is 0.315 e. The summed E-state index contributed by atoms with van der Waals surface area (Å²) >= 11 is 0. The number of rotatable bonds is 3. The second kappa shape index (κ2) is 5.45. The van der Waals surface area contributed by atoms with E-state index in [1.807, 2.05) is 19.1 Å². The highest BCUT2D eigenvalue weighted by Gasteiger charge is 2.06. The first kappa shape index (κ1) is 12.3. The van der Waals surface area contributed by atoms with Crippen molar-refractivity contribution in [1.29, 1.82) is 0 Å². The zero-order valence-electron chi connectivity index (χ0n) is 10.0. The maximum absolute atomic E-state index is 12.7. The van der Waals surface area contributed by atoms with Crippen molar-refractivity contribution in [2.45, 2.75) is 13.3 Å². The Morgan fingerprint density at radius 1 is 1.06 bits per heavy atom. The first-order valence-electron chi connectivity index (χ1n) is 5.65. The number of hydrogen-bond acceptors (Lipinski definition) is 2. The molecule has 2 aromatic rings. The summed E-state index contributed by atoms with van der Waals surface area (Å²) in [6, 6.07) is 13.1. The SMILES string of the molecule is Cc1ccc(OC(=O)Cc2ccc(F)cc2)cc1. The van der Waals surface area contributed by atoms with Gasteiger partial charge in [-0.15, -0.1) is 0 Å². The minimum atomic E-state index is -0.356. The Morgan fingerprint density at radius 2 is 1.67 bits per heavy atom. The fraction of sp³-hybridized carbons (Fsp3) is 0.133. The molecule has 0 aliphatic heterocycles. The van der Waals surface area contributed by atoms with Gasteiger partial charge in [0.15, 0.2) is 0 Å². The molecule has 0 bridgehead atoms. The summed E-state index contributed by atoms with van der Waals surface area (Å²) in [6.07, 6.45) is 0.133. The lowest BCUT2D eigenvalue weighted by atomic mass is 10.1. The van der Waals surface area contributed by atoms with Gasteiger partial charge in [0, 0.05) is 0 Å². The van der Waals surface area contributed by atoms with Gasteiger partial charge in [-0.05, 0) is 36.8 Å². The fourth-order valence-corrected chi connectivity index (χ4v) is 1.54. The van der Waals surface area contributed by atoms with Crippen LogP contribution in [0.4, 0.5) is 4.39 Å². The van der Waals surface area contributed by atoms with Gasteiger partial charge in [0.2, 0.25) is 0 Å². The second-order valence-corrected chi connectivity index (χ2v) is 4.09. The van der Waals surface area contributed by atoms with E-state index in [1.165, 1.54) is 12.1 Å². The number of carbonyl (C=O) groups is 1. The fourth-order valence-electron chi connectivity index (χ4n) is 1.54. The molecule has 0 atom stereocenters. The molecule has 0 heterocycles. The number of benzene rings is 2. The first-order valence-corrected chi connectivity index (χ1v) is 5.65. The minimum absolute atomic E-state index is 0.133. The van der Waals surface area contributed by atoms with Gasteiger partial charge in [-0.1, -0.05) is 29.8 Å². The minimum Gasteiger partial charge on any atom is -0.426 e. The molecule has 0 aliphatic rings. The van der Waals surface area contributed by atoms with Crippen molar-refractivity contribution in [1.82, 2.24) is 0 Å². The van der Waals surface area contributed by atoms with Crippen LogP contribution in [-0.2, 0) is 11.2 Å². The molecular formula is C15H13FO2. The highest BCUT2D eigenvalue weighted by molar-refractivity contribution is 5.75. The molecule has 0 aromatic heterocycles. The van der Waals surface area contributed by atoms with Crippen LogP contribution in [0, 0.1) is 12.7 Å². The van der Waals surface area contributed by atoms with Gasteiger partial charge >= 0.3 is 5.97 Å². The Labute approximate surface area is 105 Å². The molecule has 2 aromatic carbocycles. The van der Waals surface area contributed by atoms with Crippen molar-refractivity contribution in [2.75, 3.05) is 0 Å². The van der Waals surface area contributed by atoms with Crippen molar-refractivity contribution < 1.29 is 13.9 Å². The van der Waals surface area contributed by atoms with Crippen LogP contribution < -0.4 is 4.74 Å². The average Bonchev–Trinajstić information content (AvgIpc) is 2.35. The number of aryl methyl sites for hydroxylation is 1. The monoisotopic (exact) mass is 244 g/mol. The predicted octanol–water partition coefficient (Wildman–Crippen LogP) is 3.28. The Balaban J connectivity index is 1.96. The van der Waals surface area contributed by atoms with Crippen molar-refractivity contribution in [3.8, 4) is 5.75 Å². The molecule has 0 saturated heterocycles. The number of carbonyl (C=O) groups excluding carboxylic acids is 1. The van der Waals surface area contributed by atoms with E-state index in [0.717, 1.165) is 11.1 Å². The van der Waals surface area contributed by atoms with Gasteiger partial charge in [0.05, 0.1) is 6.42 Å². The van der Waals surface area contributed by atoms with E-state index in [1.54, 1.807) is 24.3 Å². The summed E-state index contributed by atoms with van der Waals surface area (Å²) in [5.41, 5.74) is 1.84. The molecule has 0 aliphatic carbocycles. The largest absolute Gasteiger partial charge is 0.426 e. The number of hydrogen-bond donors (Lipinski definition) is 0. The molecule has 0 unspecified atom stereocenters. The number of esters is 1. The lowest BCUT2D eigenvalue weighted by Gasteiger charge is -2.04. The lowest BCUT2D eigenvalue weighted by Crippen LogP contribution is -2.11. The van der Waals surface area contributed by atoms with E-state index in [9.17, 15) is 9.18 Å². The number of ether oxygens (including phenoxy) is 1. The van der Waals surface area contributed by atoms with Crippen molar-refractivity contribution in [3.05, 3.63) is 65.5 Å². The molecular weight excluding hydrogens is 231 g/mol. The van der Waals surface area contributed by atoms with Crippen LogP contribution in [0.2, 0.25) is 0 Å². The van der Waals surface area contributed by atoms with Gasteiger partial charge in [-0.2, -0.15) is 0 Å². The van der Waals surface area contributed by atoms with Gasteiger partial charge in [0.25, 0.3) is 0 Å². The van der Waals surface area contributed by atoms with Crippen molar-refractivity contribution in [3.63, 3.8) is 0 Å². The average molecular weight is 244 g/mol. The van der Waals surface area contributed by atoms with Crippen LogP contribution in [0.15, 0.2) is 48.5 Å². The Kier molecular flexibility index (Phi) is 3.72. The summed E-state index contributed by atoms with van der Waals surface area (Å²) in [4.78, 5) is 11.6. The molecule has 0 saturated carbocycles. The van der Waals surface area contributed by atoms with Crippen LogP contribution in [0.1, 0.15) is 11.1 Å². The molecule has 0 amide bonds. The molecule has 2 nitrogen and oxygen atoms in total. The van der Waals surface area contributed by atoms with Crippen LogP contribution in [0.3, 0.4) is 0 Å². The van der Waals surface area contributed by atoms with Gasteiger partial charge in [-0.3, -0.25) is 4.79 Å². The van der Waals surface area contributed by atoms with Crippen LogP contribution in [0.25, 0.3) is 0 Å². The molecule has 0 N–H and O–H groups in total. The maximum Gasteiger partial charge on any atom is 0.315 e. The summed E-state index contributed by atoms with van der Waals surface area (Å²) in [7, 11) is 0. The zero-order valence-corrected chi connectivity index (χ0v) is 10.0. The van der Waals surface area contributed by atoms with E-state index < -0.39 is 0 Å². The highest BCUT2D eigenvalue weighted by atomic mass is 19.1. The van der Waals surface area contributed by atoms with Gasteiger partial charge in [-0.25, -0.2) is 4.39 Å². The van der Waals surface area contributed by atoms with Gasteiger partial charge in [0.1, 0.15) is 11.6 Å². The van der Waals surface area contributed by atoms with Gasteiger partial charge < -0.3 is 4.74 Å². The maximum atomic E-state index is 12.7. The van der Waals surface area contributed by atoms with Crippen molar-refractivity contribution in [2.24, 2.45) is 0 Å². The molecule has 2 rings (SSSR count). The summed E-state index contributed by atoms with van der Waals surface area (Å²) in [5, 5.41) is 0. The van der Waals surface area contributed by atoms with Crippen molar-refractivity contribution >= 4 is 5.97 Å². The molecule has 0 fully saturated rings. The predicted molar refractivity (Wildman–Crippen MR) is 66.9 cm³/mol. The summed E-state index contributed by atoms with van der Waals surface area (Å²) in [5.74, 6) is -0.149. The standard InChI is InChI=1S/C15H13FO2/c1-11-2-8-14(9-3-11)18-15(17)10-12-4-6-13(16)7-5-12/h2-9H,10H2,1H3. The molecule has 92 valence electrons. The highest BCUT2D eigenvalue weighted by Crippen LogP contribution is 2.13. The molecule has 0 spiro atoms. The first-order chi connectivity index (χ1) is 8.63. The summed E-state index contributed by atoms with van der Waals surface area (Å²) in [6.45, 7) is 1.96. The van der Waals surface area contributed by atoms with E-state index >= 15 is 0 Å². The van der Waals surface area contributed by atoms with E-state index in [2.05, 4.69) is 0 Å². The quantitative estimate of drug-likeness (QED) is 0.611.